The number of carbonyl (C=O) groups excluding carboxylic acids is 1. The number of fused-ring (bicyclic) bond motifs is 1. The molecule has 7 heteroatoms. The van der Waals surface area contributed by atoms with Crippen LogP contribution in [0, 0.1) is 5.82 Å². The number of piperidine rings is 1. The van der Waals surface area contributed by atoms with Crippen LogP contribution in [0.1, 0.15) is 35.0 Å². The summed E-state index contributed by atoms with van der Waals surface area (Å²) in [4.78, 5) is 22.7. The molecule has 30 heavy (non-hydrogen) atoms. The van der Waals surface area contributed by atoms with E-state index in [1.165, 1.54) is 12.1 Å². The number of halogens is 1. The Hall–Kier alpha value is -3.32. The first-order valence-electron chi connectivity index (χ1n) is 10.1. The van der Waals surface area contributed by atoms with E-state index in [0.29, 0.717) is 30.4 Å². The maximum Gasteiger partial charge on any atom is 0.231 e. The quantitative estimate of drug-likeness (QED) is 0.499. The van der Waals surface area contributed by atoms with Gasteiger partial charge in [-0.3, -0.25) is 9.69 Å². The Kier molecular flexibility index (Phi) is 4.88. The van der Waals surface area contributed by atoms with Crippen molar-refractivity contribution in [2.24, 2.45) is 0 Å². The van der Waals surface area contributed by atoms with Gasteiger partial charge in [0, 0.05) is 34.8 Å². The minimum Gasteiger partial charge on any atom is -0.360 e. The second kappa shape index (κ2) is 7.84. The average Bonchev–Trinajstić information content (AvgIpc) is 3.42. The summed E-state index contributed by atoms with van der Waals surface area (Å²) in [6, 6.07) is 14.0. The summed E-state index contributed by atoms with van der Waals surface area (Å²) >= 11 is 0. The number of H-pyrrole nitrogens is 1. The van der Waals surface area contributed by atoms with Gasteiger partial charge in [0.1, 0.15) is 5.82 Å². The zero-order valence-electron chi connectivity index (χ0n) is 16.3. The van der Waals surface area contributed by atoms with Crippen LogP contribution in [0.2, 0.25) is 0 Å². The molecule has 2 aromatic carbocycles. The largest absolute Gasteiger partial charge is 0.360 e. The molecule has 1 unspecified atom stereocenters. The molecule has 4 aromatic rings. The molecule has 5 rings (SSSR count). The highest BCUT2D eigenvalue weighted by Crippen LogP contribution is 2.28. The normalized spacial score (nSPS) is 17.4. The summed E-state index contributed by atoms with van der Waals surface area (Å²) in [5.41, 5.74) is 2.28. The minimum absolute atomic E-state index is 0.0596. The first kappa shape index (κ1) is 18.7. The maximum absolute atomic E-state index is 13.5. The number of rotatable bonds is 5. The Morgan fingerprint density at radius 2 is 2.13 bits per heavy atom. The molecule has 6 nitrogen and oxygen atoms in total. The number of nitrogens with one attached hydrogen (secondary N) is 1. The SMILES string of the molecule is O=C(CN1CCCC(c2nc(-c3cccc(F)c3)no2)C1)c1c[nH]c2ccccc12. The summed E-state index contributed by atoms with van der Waals surface area (Å²) in [6.07, 6.45) is 3.66. The maximum atomic E-state index is 13.5. The van der Waals surface area contributed by atoms with Gasteiger partial charge in [-0.2, -0.15) is 4.98 Å². The molecule has 1 fully saturated rings. The van der Waals surface area contributed by atoms with Crippen LogP contribution in [-0.4, -0.2) is 45.4 Å². The number of ketones is 1. The number of carbonyl (C=O) groups is 1. The molecule has 1 N–H and O–H groups in total. The summed E-state index contributed by atoms with van der Waals surface area (Å²) in [5, 5.41) is 4.97. The van der Waals surface area contributed by atoms with Crippen LogP contribution in [0.5, 0.6) is 0 Å². The van der Waals surface area contributed by atoms with Gasteiger partial charge in [0.25, 0.3) is 0 Å². The Bertz CT molecular complexity index is 1200. The third-order valence-corrected chi connectivity index (χ3v) is 5.64. The molecule has 0 saturated carbocycles. The van der Waals surface area contributed by atoms with Crippen LogP contribution in [0.3, 0.4) is 0 Å². The van der Waals surface area contributed by atoms with E-state index in [9.17, 15) is 9.18 Å². The van der Waals surface area contributed by atoms with Crippen molar-refractivity contribution in [3.8, 4) is 11.4 Å². The number of para-hydroxylation sites is 1. The monoisotopic (exact) mass is 404 g/mol. The van der Waals surface area contributed by atoms with Gasteiger partial charge < -0.3 is 9.51 Å². The molecule has 0 spiro atoms. The van der Waals surface area contributed by atoms with E-state index in [4.69, 9.17) is 4.52 Å². The van der Waals surface area contributed by atoms with Gasteiger partial charge in [0.05, 0.1) is 12.5 Å². The van der Waals surface area contributed by atoms with Crippen molar-refractivity contribution >= 4 is 16.7 Å². The van der Waals surface area contributed by atoms with Crippen molar-refractivity contribution in [3.63, 3.8) is 0 Å². The van der Waals surface area contributed by atoms with Crippen LogP contribution in [0.4, 0.5) is 4.39 Å². The van der Waals surface area contributed by atoms with E-state index in [1.54, 1.807) is 18.3 Å². The third kappa shape index (κ3) is 3.64. The average molecular weight is 404 g/mol. The van der Waals surface area contributed by atoms with Gasteiger partial charge in [0.15, 0.2) is 5.78 Å². The Morgan fingerprint density at radius 3 is 3.03 bits per heavy atom. The van der Waals surface area contributed by atoms with E-state index < -0.39 is 0 Å². The van der Waals surface area contributed by atoms with Crippen LogP contribution in [-0.2, 0) is 0 Å². The summed E-state index contributed by atoms with van der Waals surface area (Å²) in [7, 11) is 0. The van der Waals surface area contributed by atoms with E-state index in [0.717, 1.165) is 35.9 Å². The fraction of sp³-hybridized carbons (Fsp3) is 0.261. The minimum atomic E-state index is -0.335. The second-order valence-corrected chi connectivity index (χ2v) is 7.71. The van der Waals surface area contributed by atoms with Gasteiger partial charge in [-0.15, -0.1) is 0 Å². The fourth-order valence-electron chi connectivity index (χ4n) is 4.14. The number of aromatic amines is 1. The Morgan fingerprint density at radius 1 is 1.23 bits per heavy atom. The molecule has 152 valence electrons. The van der Waals surface area contributed by atoms with E-state index >= 15 is 0 Å². The predicted molar refractivity (Wildman–Crippen MR) is 111 cm³/mol. The number of aromatic nitrogens is 3. The number of benzene rings is 2. The lowest BCUT2D eigenvalue weighted by Crippen LogP contribution is -2.38. The van der Waals surface area contributed by atoms with Gasteiger partial charge in [-0.05, 0) is 37.6 Å². The third-order valence-electron chi connectivity index (χ3n) is 5.64. The van der Waals surface area contributed by atoms with E-state index in [1.807, 2.05) is 24.3 Å². The smallest absolute Gasteiger partial charge is 0.231 e. The molecule has 0 amide bonds. The Balaban J connectivity index is 1.29. The molecular weight excluding hydrogens is 383 g/mol. The molecule has 1 aliphatic rings. The number of hydrogen-bond acceptors (Lipinski definition) is 5. The van der Waals surface area contributed by atoms with Crippen molar-refractivity contribution in [3.05, 3.63) is 72.0 Å². The summed E-state index contributed by atoms with van der Waals surface area (Å²) < 4.78 is 19.0. The second-order valence-electron chi connectivity index (χ2n) is 7.71. The molecule has 1 aliphatic heterocycles. The van der Waals surface area contributed by atoms with Crippen molar-refractivity contribution in [2.75, 3.05) is 19.6 Å². The van der Waals surface area contributed by atoms with Crippen molar-refractivity contribution in [2.45, 2.75) is 18.8 Å². The van der Waals surface area contributed by atoms with Crippen molar-refractivity contribution in [1.29, 1.82) is 0 Å². The number of Topliss-reactive ketones (excluding diaryl/α,β-unsaturated/α-hetero) is 1. The van der Waals surface area contributed by atoms with Crippen molar-refractivity contribution in [1.82, 2.24) is 20.0 Å². The van der Waals surface area contributed by atoms with Crippen LogP contribution in [0.25, 0.3) is 22.3 Å². The topological polar surface area (TPSA) is 75.0 Å². The number of nitrogens with zero attached hydrogens (tertiary/aromatic N) is 3. The van der Waals surface area contributed by atoms with Gasteiger partial charge >= 0.3 is 0 Å². The zero-order valence-corrected chi connectivity index (χ0v) is 16.3. The standard InChI is InChI=1S/C23H21FN4O2/c24-17-7-3-5-15(11-17)22-26-23(30-27-22)16-6-4-10-28(13-16)14-21(29)19-12-25-20-9-2-1-8-18(19)20/h1-3,5,7-9,11-12,16,25H,4,6,10,13-14H2. The molecule has 0 radical (unpaired) electrons. The van der Waals surface area contributed by atoms with Crippen LogP contribution >= 0.6 is 0 Å². The number of hydrogen-bond donors (Lipinski definition) is 1. The Labute approximate surface area is 172 Å². The van der Waals surface area contributed by atoms with Crippen molar-refractivity contribution < 1.29 is 13.7 Å². The molecular formula is C23H21FN4O2. The van der Waals surface area contributed by atoms with Crippen LogP contribution in [0.15, 0.2) is 59.3 Å². The molecule has 1 saturated heterocycles. The fourth-order valence-corrected chi connectivity index (χ4v) is 4.14. The first-order valence-corrected chi connectivity index (χ1v) is 10.1. The lowest BCUT2D eigenvalue weighted by atomic mass is 9.97. The lowest BCUT2D eigenvalue weighted by Gasteiger charge is -2.30. The van der Waals surface area contributed by atoms with E-state index in [2.05, 4.69) is 20.0 Å². The van der Waals surface area contributed by atoms with Gasteiger partial charge in [-0.1, -0.05) is 35.5 Å². The molecule has 1 atom stereocenters. The molecule has 3 heterocycles. The highest BCUT2D eigenvalue weighted by molar-refractivity contribution is 6.08. The first-order chi connectivity index (χ1) is 14.7. The lowest BCUT2D eigenvalue weighted by molar-refractivity contribution is 0.0900. The molecule has 0 aliphatic carbocycles. The zero-order chi connectivity index (χ0) is 20.5. The van der Waals surface area contributed by atoms with Crippen LogP contribution < -0.4 is 0 Å². The summed E-state index contributed by atoms with van der Waals surface area (Å²) in [5.74, 6) is 0.747. The summed E-state index contributed by atoms with van der Waals surface area (Å²) in [6.45, 7) is 1.89. The van der Waals surface area contributed by atoms with Gasteiger partial charge in [-0.25, -0.2) is 4.39 Å². The highest BCUT2D eigenvalue weighted by atomic mass is 19.1. The molecule has 2 aromatic heterocycles. The molecule has 0 bridgehead atoms. The number of likely N-dealkylation sites (tertiary alicyclic amines) is 1. The highest BCUT2D eigenvalue weighted by Gasteiger charge is 2.28. The van der Waals surface area contributed by atoms with Gasteiger partial charge in [0.2, 0.25) is 11.7 Å². The van der Waals surface area contributed by atoms with E-state index in [-0.39, 0.29) is 17.5 Å². The predicted octanol–water partition coefficient (Wildman–Crippen LogP) is 4.42.